The molecule has 0 aliphatic carbocycles. The molecule has 4 nitrogen and oxygen atoms in total. The van der Waals surface area contributed by atoms with Gasteiger partial charge in [0, 0.05) is 16.8 Å². The molecule has 0 aromatic carbocycles. The summed E-state index contributed by atoms with van der Waals surface area (Å²) in [5.74, 6) is 0. The zero-order valence-corrected chi connectivity index (χ0v) is 11.0. The minimum Gasteiger partial charge on any atom is -0.361 e. The van der Waals surface area contributed by atoms with Crippen LogP contribution in [0.4, 0.5) is 13.2 Å². The molecule has 0 aromatic rings. The van der Waals surface area contributed by atoms with Gasteiger partial charge in [-0.3, -0.25) is 0 Å². The van der Waals surface area contributed by atoms with Crippen LogP contribution in [0.25, 0.3) is 0 Å². The largest absolute Gasteiger partial charge is 0.511 e. The summed E-state index contributed by atoms with van der Waals surface area (Å²) in [5.41, 5.74) is -5.30. The van der Waals surface area contributed by atoms with E-state index >= 15 is 0 Å². The zero-order valence-electron chi connectivity index (χ0n) is 7.99. The maximum atomic E-state index is 12.1. The molecule has 0 bridgehead atoms. The predicted octanol–water partition coefficient (Wildman–Crippen LogP) is 1.53. The predicted molar refractivity (Wildman–Crippen MR) is 60.9 cm³/mol. The van der Waals surface area contributed by atoms with Gasteiger partial charge in [0.05, 0.1) is 0 Å². The molecule has 0 amide bonds. The van der Waals surface area contributed by atoms with E-state index < -0.39 is 21.7 Å². The van der Waals surface area contributed by atoms with Crippen molar-refractivity contribution in [2.45, 2.75) is 11.7 Å². The lowest BCUT2D eigenvalue weighted by Gasteiger charge is -2.27. The van der Waals surface area contributed by atoms with Crippen LogP contribution in [0.3, 0.4) is 0 Å². The van der Waals surface area contributed by atoms with E-state index in [1.165, 1.54) is 24.2 Å². The van der Waals surface area contributed by atoms with Crippen LogP contribution in [-0.2, 0) is 10.0 Å². The maximum Gasteiger partial charge on any atom is 0.511 e. The van der Waals surface area contributed by atoms with Crippen molar-refractivity contribution in [3.63, 3.8) is 0 Å². The molecule has 0 spiro atoms. The van der Waals surface area contributed by atoms with Gasteiger partial charge in [-0.1, -0.05) is 0 Å². The van der Waals surface area contributed by atoms with Crippen LogP contribution in [0.15, 0.2) is 21.9 Å². The van der Waals surface area contributed by atoms with Gasteiger partial charge in [-0.05, 0) is 34.7 Å². The minimum atomic E-state index is -5.33. The van der Waals surface area contributed by atoms with E-state index in [4.69, 9.17) is 0 Å². The van der Waals surface area contributed by atoms with Gasteiger partial charge in [0.15, 0.2) is 0 Å². The fourth-order valence-electron chi connectivity index (χ4n) is 0.948. The van der Waals surface area contributed by atoms with Crippen LogP contribution in [0.1, 0.15) is 0 Å². The molecule has 9 heteroatoms. The van der Waals surface area contributed by atoms with Gasteiger partial charge in [0.2, 0.25) is 0 Å². The minimum absolute atomic E-state index is 0.658. The van der Waals surface area contributed by atoms with Crippen molar-refractivity contribution in [2.24, 2.45) is 0 Å². The van der Waals surface area contributed by atoms with Crippen molar-refractivity contribution >= 4 is 32.6 Å². The SMILES string of the molecule is CN1C=CC(I)=CC1NS(=O)(=O)C(F)(F)F. The first-order valence-electron chi connectivity index (χ1n) is 3.99. The van der Waals surface area contributed by atoms with Crippen LogP contribution in [0.2, 0.25) is 0 Å². The molecule has 1 aliphatic rings. The lowest BCUT2D eigenvalue weighted by Crippen LogP contribution is -2.48. The van der Waals surface area contributed by atoms with E-state index in [1.807, 2.05) is 22.6 Å². The fraction of sp³-hybridized carbons (Fsp3) is 0.429. The fourth-order valence-corrected chi connectivity index (χ4v) is 2.14. The molecule has 1 unspecified atom stereocenters. The molecule has 16 heavy (non-hydrogen) atoms. The zero-order chi connectivity index (χ0) is 12.6. The van der Waals surface area contributed by atoms with Crippen molar-refractivity contribution in [2.75, 3.05) is 7.05 Å². The third-order valence-electron chi connectivity index (χ3n) is 1.81. The van der Waals surface area contributed by atoms with Gasteiger partial charge in [-0.2, -0.15) is 17.9 Å². The van der Waals surface area contributed by atoms with Crippen LogP contribution < -0.4 is 4.72 Å². The van der Waals surface area contributed by atoms with E-state index in [9.17, 15) is 21.6 Å². The molecular formula is C7H8F3IN2O2S. The van der Waals surface area contributed by atoms with E-state index in [1.54, 1.807) is 10.8 Å². The molecule has 0 radical (unpaired) electrons. The van der Waals surface area contributed by atoms with Crippen LogP contribution in [-0.4, -0.2) is 32.0 Å². The number of likely N-dealkylation sites (N-methyl/N-ethyl adjacent to an activating group) is 1. The van der Waals surface area contributed by atoms with Gasteiger partial charge in [-0.15, -0.1) is 0 Å². The molecule has 0 saturated carbocycles. The van der Waals surface area contributed by atoms with Crippen molar-refractivity contribution < 1.29 is 21.6 Å². The summed E-state index contributed by atoms with van der Waals surface area (Å²) in [5, 5.41) is 0. The molecule has 1 atom stereocenters. The number of nitrogens with one attached hydrogen (secondary N) is 1. The first-order valence-corrected chi connectivity index (χ1v) is 6.56. The molecule has 0 aromatic heterocycles. The van der Waals surface area contributed by atoms with Crippen LogP contribution in [0.5, 0.6) is 0 Å². The number of rotatable bonds is 2. The maximum absolute atomic E-state index is 12.1. The smallest absolute Gasteiger partial charge is 0.361 e. The first-order chi connectivity index (χ1) is 7.13. The quantitative estimate of drug-likeness (QED) is 0.753. The first kappa shape index (κ1) is 13.8. The second-order valence-electron chi connectivity index (χ2n) is 3.04. The van der Waals surface area contributed by atoms with E-state index in [0.717, 1.165) is 0 Å². The average molecular weight is 368 g/mol. The van der Waals surface area contributed by atoms with E-state index in [-0.39, 0.29) is 0 Å². The van der Waals surface area contributed by atoms with Gasteiger partial charge < -0.3 is 4.90 Å². The van der Waals surface area contributed by atoms with Crippen molar-refractivity contribution in [3.8, 4) is 0 Å². The molecule has 0 fully saturated rings. The highest BCUT2D eigenvalue weighted by molar-refractivity contribution is 14.1. The summed E-state index contributed by atoms with van der Waals surface area (Å²) < 4.78 is 60.2. The van der Waals surface area contributed by atoms with Gasteiger partial charge in [0.1, 0.15) is 6.17 Å². The van der Waals surface area contributed by atoms with Gasteiger partial charge in [-0.25, -0.2) is 8.42 Å². The Kier molecular flexibility index (Phi) is 3.90. The van der Waals surface area contributed by atoms with Crippen LogP contribution >= 0.6 is 22.6 Å². The molecule has 1 aliphatic heterocycles. The molecule has 92 valence electrons. The monoisotopic (exact) mass is 368 g/mol. The summed E-state index contributed by atoms with van der Waals surface area (Å²) in [6.07, 6.45) is 3.50. The van der Waals surface area contributed by atoms with Crippen molar-refractivity contribution in [1.82, 2.24) is 9.62 Å². The Morgan fingerprint density at radius 2 is 2.06 bits per heavy atom. The van der Waals surface area contributed by atoms with Crippen LogP contribution in [0, 0.1) is 0 Å². The number of halogens is 4. The highest BCUT2D eigenvalue weighted by Gasteiger charge is 2.47. The summed E-state index contributed by atoms with van der Waals surface area (Å²) in [6.45, 7) is 0. The molecule has 0 saturated heterocycles. The second-order valence-corrected chi connectivity index (χ2v) is 6.00. The Morgan fingerprint density at radius 3 is 2.56 bits per heavy atom. The van der Waals surface area contributed by atoms with E-state index in [0.29, 0.717) is 3.58 Å². The molecule has 1 heterocycles. The topological polar surface area (TPSA) is 49.4 Å². The molecular weight excluding hydrogens is 360 g/mol. The van der Waals surface area contributed by atoms with Crippen molar-refractivity contribution in [3.05, 3.63) is 21.9 Å². The lowest BCUT2D eigenvalue weighted by molar-refractivity contribution is -0.0453. The van der Waals surface area contributed by atoms with Crippen molar-refractivity contribution in [1.29, 1.82) is 0 Å². The van der Waals surface area contributed by atoms with Gasteiger partial charge in [0.25, 0.3) is 0 Å². The Balaban J connectivity index is 2.87. The number of nitrogens with zero attached hydrogens (tertiary/aromatic N) is 1. The second kappa shape index (κ2) is 4.53. The number of sulfonamides is 1. The Morgan fingerprint density at radius 1 is 1.50 bits per heavy atom. The average Bonchev–Trinajstić information content (AvgIpc) is 2.09. The third kappa shape index (κ3) is 3.10. The normalized spacial score (nSPS) is 22.2. The number of hydrogen-bond acceptors (Lipinski definition) is 3. The lowest BCUT2D eigenvalue weighted by atomic mass is 10.3. The third-order valence-corrected chi connectivity index (χ3v) is 3.69. The molecule has 1 N–H and O–H groups in total. The Hall–Kier alpha value is -0.290. The highest BCUT2D eigenvalue weighted by atomic mass is 127. The highest BCUT2D eigenvalue weighted by Crippen LogP contribution is 2.24. The molecule has 1 rings (SSSR count). The van der Waals surface area contributed by atoms with Gasteiger partial charge >= 0.3 is 15.5 Å². The number of allylic oxidation sites excluding steroid dienone is 2. The summed E-state index contributed by atoms with van der Waals surface area (Å²) >= 11 is 1.89. The Labute approximate surface area is 104 Å². The standard InChI is InChI=1S/C7H8F3IN2O2S/c1-13-3-2-5(11)4-6(13)12-16(14,15)7(8,9)10/h2-4,6,12H,1H3. The summed E-state index contributed by atoms with van der Waals surface area (Å²) in [6, 6.07) is 0. The summed E-state index contributed by atoms with van der Waals surface area (Å²) in [4.78, 5) is 1.32. The Bertz CT molecular complexity index is 429. The number of hydrogen-bond donors (Lipinski definition) is 1. The van der Waals surface area contributed by atoms with E-state index in [2.05, 4.69) is 0 Å². The summed E-state index contributed by atoms with van der Waals surface area (Å²) in [7, 11) is -3.86. The number of alkyl halides is 3.